The second-order valence-electron chi connectivity index (χ2n) is 12.7. The molecule has 1 atom stereocenters. The third-order valence-electron chi connectivity index (χ3n) is 8.60. The SMILES string of the molecule is CCCCCCOC1(OCCCCC)C=CC(CCCCCCCCCC(=O)O)=C(CCCCCCCCCC(=O)O)C1. The van der Waals surface area contributed by atoms with Crippen LogP contribution in [0.2, 0.25) is 0 Å². The highest BCUT2D eigenvalue weighted by Gasteiger charge is 2.33. The molecule has 0 spiro atoms. The summed E-state index contributed by atoms with van der Waals surface area (Å²) in [6.45, 7) is 5.95. The highest BCUT2D eigenvalue weighted by molar-refractivity contribution is 5.66. The molecule has 0 heterocycles. The van der Waals surface area contributed by atoms with Gasteiger partial charge in [0.2, 0.25) is 0 Å². The predicted molar refractivity (Wildman–Crippen MR) is 177 cm³/mol. The monoisotopic (exact) mass is 606 g/mol. The van der Waals surface area contributed by atoms with Gasteiger partial charge in [-0.05, 0) is 63.0 Å². The Morgan fingerprint density at radius 1 is 0.605 bits per heavy atom. The van der Waals surface area contributed by atoms with Crippen LogP contribution < -0.4 is 0 Å². The largest absolute Gasteiger partial charge is 0.481 e. The van der Waals surface area contributed by atoms with E-state index in [9.17, 15) is 9.59 Å². The summed E-state index contributed by atoms with van der Waals surface area (Å²) in [7, 11) is 0. The molecule has 1 rings (SSSR count). The normalized spacial score (nSPS) is 16.7. The number of unbranched alkanes of at least 4 members (excludes halogenated alkanes) is 17. The molecule has 1 unspecified atom stereocenters. The lowest BCUT2D eigenvalue weighted by Crippen LogP contribution is -2.37. The lowest BCUT2D eigenvalue weighted by Gasteiger charge is -2.36. The van der Waals surface area contributed by atoms with Gasteiger partial charge in [-0.2, -0.15) is 0 Å². The minimum atomic E-state index is -0.686. The van der Waals surface area contributed by atoms with Crippen molar-refractivity contribution in [2.45, 2.75) is 187 Å². The fourth-order valence-electron chi connectivity index (χ4n) is 5.91. The van der Waals surface area contributed by atoms with E-state index < -0.39 is 17.7 Å². The lowest BCUT2D eigenvalue weighted by atomic mass is 9.87. The number of carbonyl (C=O) groups is 2. The van der Waals surface area contributed by atoms with Crippen molar-refractivity contribution < 1.29 is 29.3 Å². The van der Waals surface area contributed by atoms with Crippen LogP contribution in [0.15, 0.2) is 23.3 Å². The summed E-state index contributed by atoms with van der Waals surface area (Å²) >= 11 is 0. The van der Waals surface area contributed by atoms with Crippen LogP contribution >= 0.6 is 0 Å². The fourth-order valence-corrected chi connectivity index (χ4v) is 5.91. The molecule has 0 aliphatic heterocycles. The first-order valence-electron chi connectivity index (χ1n) is 18.0. The number of aliphatic carboxylic acids is 2. The van der Waals surface area contributed by atoms with E-state index in [1.165, 1.54) is 94.6 Å². The molecule has 0 aromatic heterocycles. The maximum absolute atomic E-state index is 10.7. The Morgan fingerprint density at radius 3 is 1.53 bits per heavy atom. The fraction of sp³-hybridized carbons (Fsp3) is 0.838. The van der Waals surface area contributed by atoms with E-state index in [0.29, 0.717) is 12.8 Å². The van der Waals surface area contributed by atoms with Gasteiger partial charge in [-0.25, -0.2) is 0 Å². The molecule has 43 heavy (non-hydrogen) atoms. The van der Waals surface area contributed by atoms with Crippen molar-refractivity contribution in [3.8, 4) is 0 Å². The highest BCUT2D eigenvalue weighted by Crippen LogP contribution is 2.36. The first kappa shape index (κ1) is 39.4. The molecular formula is C37H66O6. The summed E-state index contributed by atoms with van der Waals surface area (Å²) in [5.41, 5.74) is 3.00. The van der Waals surface area contributed by atoms with Crippen LogP contribution in [0.1, 0.15) is 181 Å². The molecule has 0 aromatic rings. The molecule has 0 saturated heterocycles. The van der Waals surface area contributed by atoms with Crippen molar-refractivity contribution in [1.29, 1.82) is 0 Å². The summed E-state index contributed by atoms with van der Waals surface area (Å²) < 4.78 is 13.1. The van der Waals surface area contributed by atoms with Gasteiger partial charge in [0.1, 0.15) is 0 Å². The average molecular weight is 607 g/mol. The second-order valence-corrected chi connectivity index (χ2v) is 12.7. The van der Waals surface area contributed by atoms with Gasteiger partial charge in [0.05, 0.1) is 13.2 Å². The van der Waals surface area contributed by atoms with Gasteiger partial charge < -0.3 is 19.7 Å². The predicted octanol–water partition coefficient (Wildman–Crippen LogP) is 10.9. The maximum Gasteiger partial charge on any atom is 0.303 e. The van der Waals surface area contributed by atoms with E-state index in [1.54, 1.807) is 0 Å². The van der Waals surface area contributed by atoms with Crippen molar-refractivity contribution in [1.82, 2.24) is 0 Å². The Morgan fingerprint density at radius 2 is 1.02 bits per heavy atom. The molecule has 0 fully saturated rings. The van der Waals surface area contributed by atoms with Crippen LogP contribution in [-0.2, 0) is 19.1 Å². The second kappa shape index (κ2) is 26.7. The van der Waals surface area contributed by atoms with E-state index in [1.807, 2.05) is 0 Å². The van der Waals surface area contributed by atoms with Crippen LogP contribution in [0.5, 0.6) is 0 Å². The van der Waals surface area contributed by atoms with Gasteiger partial charge in [0, 0.05) is 19.3 Å². The molecule has 0 amide bonds. The molecule has 0 bridgehead atoms. The van der Waals surface area contributed by atoms with Crippen molar-refractivity contribution in [2.24, 2.45) is 0 Å². The van der Waals surface area contributed by atoms with E-state index >= 15 is 0 Å². The Hall–Kier alpha value is -1.66. The average Bonchev–Trinajstić information content (AvgIpc) is 2.98. The standard InChI is InChI=1S/C37H66O6/c1-3-5-7-23-31-43-37(42-30-22-6-4-2)29-28-33(24-18-14-10-8-12-16-20-26-35(38)39)34(32-37)25-19-15-11-9-13-17-21-27-36(40)41/h28-29H,3-27,30-32H2,1-2H3,(H,38,39)(H,40,41). The highest BCUT2D eigenvalue weighted by atomic mass is 16.7. The molecule has 6 nitrogen and oxygen atoms in total. The summed E-state index contributed by atoms with van der Waals surface area (Å²) in [5.74, 6) is -2.00. The Bertz CT molecular complexity index is 773. The van der Waals surface area contributed by atoms with Crippen molar-refractivity contribution in [3.05, 3.63) is 23.3 Å². The van der Waals surface area contributed by atoms with Crippen molar-refractivity contribution in [2.75, 3.05) is 13.2 Å². The van der Waals surface area contributed by atoms with Crippen LogP contribution in [0.4, 0.5) is 0 Å². The summed E-state index contributed by atoms with van der Waals surface area (Å²) in [5, 5.41) is 17.6. The van der Waals surface area contributed by atoms with E-state index in [2.05, 4.69) is 26.0 Å². The third kappa shape index (κ3) is 21.6. The van der Waals surface area contributed by atoms with E-state index in [4.69, 9.17) is 19.7 Å². The van der Waals surface area contributed by atoms with Crippen LogP contribution in [0.3, 0.4) is 0 Å². The zero-order valence-electron chi connectivity index (χ0n) is 28.0. The van der Waals surface area contributed by atoms with Crippen LogP contribution in [-0.4, -0.2) is 41.2 Å². The number of rotatable bonds is 31. The van der Waals surface area contributed by atoms with Gasteiger partial charge in [0.25, 0.3) is 0 Å². The molecule has 250 valence electrons. The molecule has 0 aromatic carbocycles. The zero-order valence-corrected chi connectivity index (χ0v) is 28.0. The molecular weight excluding hydrogens is 540 g/mol. The number of carboxylic acid groups (broad SMARTS) is 2. The maximum atomic E-state index is 10.7. The first-order valence-corrected chi connectivity index (χ1v) is 18.0. The summed E-state index contributed by atoms with van der Waals surface area (Å²) in [4.78, 5) is 21.4. The smallest absolute Gasteiger partial charge is 0.303 e. The Labute approximate surface area is 264 Å². The first-order chi connectivity index (χ1) is 20.9. The van der Waals surface area contributed by atoms with Gasteiger partial charge in [-0.3, -0.25) is 9.59 Å². The van der Waals surface area contributed by atoms with Crippen LogP contribution in [0.25, 0.3) is 0 Å². The number of carboxylic acids is 2. The third-order valence-corrected chi connectivity index (χ3v) is 8.60. The molecule has 0 saturated carbocycles. The quantitative estimate of drug-likeness (QED) is 0.0602. The molecule has 1 aliphatic carbocycles. The van der Waals surface area contributed by atoms with Gasteiger partial charge in [-0.1, -0.05) is 122 Å². The van der Waals surface area contributed by atoms with Crippen LogP contribution in [0, 0.1) is 0 Å². The zero-order chi connectivity index (χ0) is 31.4. The summed E-state index contributed by atoms with van der Waals surface area (Å²) in [6.07, 6.45) is 31.9. The van der Waals surface area contributed by atoms with Gasteiger partial charge in [-0.15, -0.1) is 0 Å². The number of hydrogen-bond acceptors (Lipinski definition) is 4. The lowest BCUT2D eigenvalue weighted by molar-refractivity contribution is -0.205. The minimum absolute atomic E-state index is 0.292. The minimum Gasteiger partial charge on any atom is -0.481 e. The molecule has 6 heteroatoms. The van der Waals surface area contributed by atoms with Crippen molar-refractivity contribution in [3.63, 3.8) is 0 Å². The van der Waals surface area contributed by atoms with Gasteiger partial charge in [0.15, 0.2) is 5.79 Å². The topological polar surface area (TPSA) is 93.1 Å². The molecule has 0 radical (unpaired) electrons. The summed E-state index contributed by atoms with van der Waals surface area (Å²) in [6, 6.07) is 0. The number of ether oxygens (including phenoxy) is 2. The van der Waals surface area contributed by atoms with E-state index in [0.717, 1.165) is 83.8 Å². The Balaban J connectivity index is 2.67. The number of allylic oxidation sites excluding steroid dienone is 2. The van der Waals surface area contributed by atoms with E-state index in [-0.39, 0.29) is 0 Å². The van der Waals surface area contributed by atoms with Crippen molar-refractivity contribution >= 4 is 11.9 Å². The van der Waals surface area contributed by atoms with Gasteiger partial charge >= 0.3 is 11.9 Å². The molecule has 2 N–H and O–H groups in total. The number of hydrogen-bond donors (Lipinski definition) is 2. The molecule has 1 aliphatic rings. The Kier molecular flexibility index (Phi) is 24.5.